The van der Waals surface area contributed by atoms with E-state index in [0.717, 1.165) is 24.1 Å². The summed E-state index contributed by atoms with van der Waals surface area (Å²) in [4.78, 5) is 16.1. The fraction of sp³-hybridized carbons (Fsp3) is 0.571. The normalized spacial score (nSPS) is 12.0. The highest BCUT2D eigenvalue weighted by molar-refractivity contribution is 5.78. The lowest BCUT2D eigenvalue weighted by molar-refractivity contribution is -0.124. The minimum atomic E-state index is 0.0550. The molecule has 0 aliphatic rings. The SMILES string of the molecule is CCCC(C)C(=O)NCc1ccc(C)nc1OC. The second kappa shape index (κ2) is 6.99. The number of nitrogens with zero attached hydrogens (tertiary/aromatic N) is 1. The number of aryl methyl sites for hydroxylation is 1. The van der Waals surface area contributed by atoms with Crippen molar-refractivity contribution in [2.24, 2.45) is 5.92 Å². The van der Waals surface area contributed by atoms with E-state index in [0.29, 0.717) is 12.4 Å². The van der Waals surface area contributed by atoms with Gasteiger partial charge >= 0.3 is 0 Å². The van der Waals surface area contributed by atoms with Crippen LogP contribution in [-0.2, 0) is 11.3 Å². The number of ether oxygens (including phenoxy) is 1. The van der Waals surface area contributed by atoms with Gasteiger partial charge < -0.3 is 10.1 Å². The van der Waals surface area contributed by atoms with Gasteiger partial charge in [-0.05, 0) is 19.4 Å². The monoisotopic (exact) mass is 250 g/mol. The van der Waals surface area contributed by atoms with Crippen LogP contribution in [0.2, 0.25) is 0 Å². The number of amides is 1. The molecule has 4 nitrogen and oxygen atoms in total. The molecule has 1 amide bonds. The number of hydrogen-bond acceptors (Lipinski definition) is 3. The molecular formula is C14H22N2O2. The molecule has 4 heteroatoms. The van der Waals surface area contributed by atoms with Crippen LogP contribution in [-0.4, -0.2) is 18.0 Å². The van der Waals surface area contributed by atoms with E-state index in [1.807, 2.05) is 26.0 Å². The highest BCUT2D eigenvalue weighted by Crippen LogP contribution is 2.15. The first kappa shape index (κ1) is 14.5. The number of hydrogen-bond donors (Lipinski definition) is 1. The van der Waals surface area contributed by atoms with Gasteiger partial charge in [0.15, 0.2) is 0 Å². The Morgan fingerprint density at radius 3 is 2.83 bits per heavy atom. The van der Waals surface area contributed by atoms with E-state index in [-0.39, 0.29) is 11.8 Å². The molecule has 1 aromatic rings. The lowest BCUT2D eigenvalue weighted by atomic mass is 10.1. The molecule has 1 aromatic heterocycles. The summed E-state index contributed by atoms with van der Waals surface area (Å²) in [5.74, 6) is 0.720. The van der Waals surface area contributed by atoms with Crippen LogP contribution in [0.15, 0.2) is 12.1 Å². The van der Waals surface area contributed by atoms with E-state index in [1.54, 1.807) is 7.11 Å². The molecular weight excluding hydrogens is 228 g/mol. The molecule has 0 aliphatic carbocycles. The Balaban J connectivity index is 2.60. The molecule has 1 heterocycles. The second-order valence-corrected chi connectivity index (χ2v) is 4.53. The van der Waals surface area contributed by atoms with Crippen LogP contribution in [0.25, 0.3) is 0 Å². The summed E-state index contributed by atoms with van der Waals surface area (Å²) in [6, 6.07) is 3.85. The van der Waals surface area contributed by atoms with Crippen LogP contribution >= 0.6 is 0 Å². The molecule has 0 aliphatic heterocycles. The highest BCUT2D eigenvalue weighted by atomic mass is 16.5. The Kier molecular flexibility index (Phi) is 5.62. The fourth-order valence-corrected chi connectivity index (χ4v) is 1.79. The van der Waals surface area contributed by atoms with Crippen LogP contribution in [0.4, 0.5) is 0 Å². The molecule has 0 fully saturated rings. The quantitative estimate of drug-likeness (QED) is 0.843. The summed E-state index contributed by atoms with van der Waals surface area (Å²) in [7, 11) is 1.59. The van der Waals surface area contributed by atoms with Gasteiger partial charge in [-0.2, -0.15) is 0 Å². The van der Waals surface area contributed by atoms with Crippen LogP contribution in [0.3, 0.4) is 0 Å². The molecule has 0 spiro atoms. The van der Waals surface area contributed by atoms with E-state index in [4.69, 9.17) is 4.74 Å². The van der Waals surface area contributed by atoms with E-state index in [2.05, 4.69) is 17.2 Å². The highest BCUT2D eigenvalue weighted by Gasteiger charge is 2.12. The third-order valence-electron chi connectivity index (χ3n) is 2.89. The minimum Gasteiger partial charge on any atom is -0.481 e. The number of carbonyl (C=O) groups excluding carboxylic acids is 1. The van der Waals surface area contributed by atoms with Crippen molar-refractivity contribution in [3.63, 3.8) is 0 Å². The van der Waals surface area contributed by atoms with E-state index < -0.39 is 0 Å². The summed E-state index contributed by atoms with van der Waals surface area (Å²) in [6.07, 6.45) is 1.93. The van der Waals surface area contributed by atoms with Crippen LogP contribution < -0.4 is 10.1 Å². The van der Waals surface area contributed by atoms with Crippen LogP contribution in [0.1, 0.15) is 37.9 Å². The Labute approximate surface area is 109 Å². The zero-order valence-electron chi connectivity index (χ0n) is 11.6. The first-order valence-corrected chi connectivity index (χ1v) is 6.36. The fourth-order valence-electron chi connectivity index (χ4n) is 1.79. The Hall–Kier alpha value is -1.58. The van der Waals surface area contributed by atoms with Crippen LogP contribution in [0.5, 0.6) is 5.88 Å². The molecule has 1 atom stereocenters. The number of methoxy groups -OCH3 is 1. The third kappa shape index (κ3) is 4.02. The largest absolute Gasteiger partial charge is 0.481 e. The molecule has 0 aromatic carbocycles. The van der Waals surface area contributed by atoms with E-state index in [1.165, 1.54) is 0 Å². The third-order valence-corrected chi connectivity index (χ3v) is 2.89. The van der Waals surface area contributed by atoms with Gasteiger partial charge in [0.1, 0.15) is 0 Å². The average molecular weight is 250 g/mol. The number of pyridine rings is 1. The molecule has 1 unspecified atom stereocenters. The summed E-state index contributed by atoms with van der Waals surface area (Å²) >= 11 is 0. The Morgan fingerprint density at radius 1 is 1.50 bits per heavy atom. The van der Waals surface area contributed by atoms with Crippen molar-refractivity contribution in [1.29, 1.82) is 0 Å². The van der Waals surface area contributed by atoms with Gasteiger partial charge in [0.05, 0.1) is 7.11 Å². The first-order chi connectivity index (χ1) is 8.58. The van der Waals surface area contributed by atoms with Crippen molar-refractivity contribution in [3.8, 4) is 5.88 Å². The van der Waals surface area contributed by atoms with E-state index >= 15 is 0 Å². The van der Waals surface area contributed by atoms with E-state index in [9.17, 15) is 4.79 Å². The van der Waals surface area contributed by atoms with Gasteiger partial charge in [0, 0.05) is 23.7 Å². The predicted molar refractivity (Wildman–Crippen MR) is 71.4 cm³/mol. The maximum Gasteiger partial charge on any atom is 0.223 e. The lowest BCUT2D eigenvalue weighted by Crippen LogP contribution is -2.28. The molecule has 0 saturated carbocycles. The number of aromatic nitrogens is 1. The van der Waals surface area contributed by atoms with Crippen molar-refractivity contribution in [2.75, 3.05) is 7.11 Å². The van der Waals surface area contributed by atoms with Gasteiger partial charge in [-0.3, -0.25) is 4.79 Å². The summed E-state index contributed by atoms with van der Waals surface area (Å²) in [5, 5.41) is 2.92. The maximum atomic E-state index is 11.8. The smallest absolute Gasteiger partial charge is 0.223 e. The Bertz CT molecular complexity index is 405. The molecule has 0 saturated heterocycles. The van der Waals surface area contributed by atoms with Crippen LogP contribution in [0, 0.1) is 12.8 Å². The summed E-state index contributed by atoms with van der Waals surface area (Å²) in [5.41, 5.74) is 1.81. The first-order valence-electron chi connectivity index (χ1n) is 6.36. The molecule has 0 radical (unpaired) electrons. The van der Waals surface area contributed by atoms with Gasteiger partial charge in [-0.15, -0.1) is 0 Å². The standard InChI is InChI=1S/C14H22N2O2/c1-5-6-10(2)13(17)15-9-12-8-7-11(3)16-14(12)18-4/h7-8,10H,5-6,9H2,1-4H3,(H,15,17). The minimum absolute atomic E-state index is 0.0550. The van der Waals surface area contributed by atoms with Crippen molar-refractivity contribution in [3.05, 3.63) is 23.4 Å². The van der Waals surface area contributed by atoms with Crippen molar-refractivity contribution >= 4 is 5.91 Å². The van der Waals surface area contributed by atoms with Crippen molar-refractivity contribution in [2.45, 2.75) is 40.2 Å². The second-order valence-electron chi connectivity index (χ2n) is 4.53. The molecule has 1 rings (SSSR count). The van der Waals surface area contributed by atoms with Gasteiger partial charge in [-0.1, -0.05) is 26.3 Å². The van der Waals surface area contributed by atoms with Gasteiger partial charge in [0.2, 0.25) is 11.8 Å². The summed E-state index contributed by atoms with van der Waals surface area (Å²) in [6.45, 7) is 6.40. The maximum absolute atomic E-state index is 11.8. The zero-order chi connectivity index (χ0) is 13.5. The molecule has 1 N–H and O–H groups in total. The number of nitrogens with one attached hydrogen (secondary N) is 1. The predicted octanol–water partition coefficient (Wildman–Crippen LogP) is 2.45. The zero-order valence-corrected chi connectivity index (χ0v) is 11.6. The topological polar surface area (TPSA) is 51.2 Å². The van der Waals surface area contributed by atoms with Crippen molar-refractivity contribution < 1.29 is 9.53 Å². The average Bonchev–Trinajstić information content (AvgIpc) is 2.37. The number of carbonyl (C=O) groups is 1. The van der Waals surface area contributed by atoms with Gasteiger partial charge in [0.25, 0.3) is 0 Å². The Morgan fingerprint density at radius 2 is 2.22 bits per heavy atom. The molecule has 18 heavy (non-hydrogen) atoms. The summed E-state index contributed by atoms with van der Waals surface area (Å²) < 4.78 is 5.20. The van der Waals surface area contributed by atoms with Gasteiger partial charge in [-0.25, -0.2) is 4.98 Å². The van der Waals surface area contributed by atoms with Crippen molar-refractivity contribution in [1.82, 2.24) is 10.3 Å². The molecule has 0 bridgehead atoms. The lowest BCUT2D eigenvalue weighted by Gasteiger charge is -2.12. The molecule has 100 valence electrons. The number of rotatable bonds is 6.